The normalized spacial score (nSPS) is 13.5. The fourth-order valence-corrected chi connectivity index (χ4v) is 3.88. The number of pyridine rings is 1. The summed E-state index contributed by atoms with van der Waals surface area (Å²) < 4.78 is 2.11. The number of piperidine rings is 1. The lowest BCUT2D eigenvalue weighted by Crippen LogP contribution is -2.41. The zero-order valence-electron chi connectivity index (χ0n) is 18.4. The van der Waals surface area contributed by atoms with Crippen molar-refractivity contribution in [2.24, 2.45) is 5.73 Å². The molecule has 4 rings (SSSR count). The van der Waals surface area contributed by atoms with Crippen LogP contribution < -0.4 is 11.1 Å². The van der Waals surface area contributed by atoms with Gasteiger partial charge in [0, 0.05) is 37.9 Å². The molecule has 2 aromatic heterocycles. The standard InChI is InChI=1S/C21H28N6O.4ClH.H2O/c1-15-6-7-20(28)18(23-15)14-27-19-5-3-2-4-17(19)25-21(27)24-16-8-11-26(12-9-16)13-10-22;;;;;/h2-7,16,28H,8-14,22H2,1H3,(H,24,25);4*1H;1H2. The number of rotatable bonds is 6. The van der Waals surface area contributed by atoms with Crippen LogP contribution in [-0.2, 0) is 6.54 Å². The van der Waals surface area contributed by atoms with Gasteiger partial charge in [-0.3, -0.25) is 4.98 Å². The number of nitrogens with two attached hydrogens (primary N) is 1. The molecule has 3 aromatic rings. The summed E-state index contributed by atoms with van der Waals surface area (Å²) in [6, 6.07) is 12.0. The Morgan fingerprint density at radius 1 is 1.03 bits per heavy atom. The van der Waals surface area contributed by atoms with Gasteiger partial charge in [0.25, 0.3) is 0 Å². The number of halogens is 4. The maximum Gasteiger partial charge on any atom is 0.204 e. The number of aromatic hydroxyl groups is 1. The topological polar surface area (TPSA) is 124 Å². The van der Waals surface area contributed by atoms with Crippen molar-refractivity contribution >= 4 is 66.6 Å². The van der Waals surface area contributed by atoms with Crippen LogP contribution in [0.15, 0.2) is 36.4 Å². The van der Waals surface area contributed by atoms with Crippen molar-refractivity contribution in [3.63, 3.8) is 0 Å². The van der Waals surface area contributed by atoms with Crippen LogP contribution in [0.4, 0.5) is 5.95 Å². The quantitative estimate of drug-likeness (QED) is 0.438. The Morgan fingerprint density at radius 2 is 1.70 bits per heavy atom. The first-order valence-corrected chi connectivity index (χ1v) is 9.94. The van der Waals surface area contributed by atoms with Gasteiger partial charge in [0.05, 0.1) is 17.6 Å². The van der Waals surface area contributed by atoms with Crippen LogP contribution in [0.2, 0.25) is 0 Å². The number of aryl methyl sites for hydroxylation is 1. The average molecular weight is 544 g/mol. The molecule has 6 N–H and O–H groups in total. The van der Waals surface area contributed by atoms with E-state index in [1.807, 2.05) is 31.2 Å². The summed E-state index contributed by atoms with van der Waals surface area (Å²) in [5.74, 6) is 1.05. The van der Waals surface area contributed by atoms with E-state index in [-0.39, 0.29) is 60.9 Å². The molecular formula is C21H34Cl4N6O2. The van der Waals surface area contributed by atoms with E-state index in [0.29, 0.717) is 24.8 Å². The highest BCUT2D eigenvalue weighted by Gasteiger charge is 2.21. The first-order valence-electron chi connectivity index (χ1n) is 9.94. The van der Waals surface area contributed by atoms with Gasteiger partial charge in [-0.15, -0.1) is 49.6 Å². The molecule has 33 heavy (non-hydrogen) atoms. The summed E-state index contributed by atoms with van der Waals surface area (Å²) in [5.41, 5.74) is 9.20. The third-order valence-corrected chi connectivity index (χ3v) is 5.42. The number of hydrogen-bond donors (Lipinski definition) is 3. The van der Waals surface area contributed by atoms with E-state index in [4.69, 9.17) is 10.7 Å². The number of nitrogens with one attached hydrogen (secondary N) is 1. The monoisotopic (exact) mass is 542 g/mol. The minimum absolute atomic E-state index is 0. The van der Waals surface area contributed by atoms with Gasteiger partial charge in [0.15, 0.2) is 0 Å². The number of anilines is 1. The Kier molecular flexibility index (Phi) is 15.7. The molecular weight excluding hydrogens is 510 g/mol. The zero-order chi connectivity index (χ0) is 19.5. The van der Waals surface area contributed by atoms with Crippen LogP contribution in [0.25, 0.3) is 11.0 Å². The number of imidazole rings is 1. The summed E-state index contributed by atoms with van der Waals surface area (Å²) in [6.45, 7) is 6.18. The molecule has 0 amide bonds. The lowest BCUT2D eigenvalue weighted by molar-refractivity contribution is 0.224. The summed E-state index contributed by atoms with van der Waals surface area (Å²) >= 11 is 0. The Balaban J connectivity index is 0. The van der Waals surface area contributed by atoms with Crippen molar-refractivity contribution in [1.82, 2.24) is 19.4 Å². The number of nitrogens with zero attached hydrogens (tertiary/aromatic N) is 4. The molecule has 0 bridgehead atoms. The minimum Gasteiger partial charge on any atom is -0.506 e. The van der Waals surface area contributed by atoms with Gasteiger partial charge in [-0.2, -0.15) is 0 Å². The minimum atomic E-state index is 0. The van der Waals surface area contributed by atoms with Crippen LogP contribution in [0.5, 0.6) is 5.75 Å². The molecule has 0 spiro atoms. The van der Waals surface area contributed by atoms with Crippen LogP contribution in [0, 0.1) is 6.92 Å². The third kappa shape index (κ3) is 8.03. The summed E-state index contributed by atoms with van der Waals surface area (Å²) in [6.07, 6.45) is 2.13. The van der Waals surface area contributed by atoms with Gasteiger partial charge >= 0.3 is 0 Å². The van der Waals surface area contributed by atoms with E-state index >= 15 is 0 Å². The highest BCUT2D eigenvalue weighted by atomic mass is 35.5. The highest BCUT2D eigenvalue weighted by Crippen LogP contribution is 2.25. The lowest BCUT2D eigenvalue weighted by atomic mass is 10.1. The number of fused-ring (bicyclic) bond motifs is 1. The van der Waals surface area contributed by atoms with E-state index in [9.17, 15) is 5.11 Å². The van der Waals surface area contributed by atoms with Crippen molar-refractivity contribution in [1.29, 1.82) is 0 Å². The number of para-hydroxylation sites is 2. The smallest absolute Gasteiger partial charge is 0.204 e. The molecule has 12 heteroatoms. The van der Waals surface area contributed by atoms with Crippen molar-refractivity contribution in [2.45, 2.75) is 32.4 Å². The molecule has 188 valence electrons. The van der Waals surface area contributed by atoms with Crippen LogP contribution in [0.1, 0.15) is 24.2 Å². The molecule has 1 saturated heterocycles. The van der Waals surface area contributed by atoms with Gasteiger partial charge in [0.2, 0.25) is 5.95 Å². The van der Waals surface area contributed by atoms with E-state index in [1.54, 1.807) is 6.07 Å². The van der Waals surface area contributed by atoms with E-state index in [0.717, 1.165) is 55.2 Å². The first-order chi connectivity index (χ1) is 13.6. The average Bonchev–Trinajstić information content (AvgIpc) is 3.04. The molecule has 1 fully saturated rings. The van der Waals surface area contributed by atoms with Crippen molar-refractivity contribution in [2.75, 3.05) is 31.5 Å². The number of hydrogen-bond acceptors (Lipinski definition) is 6. The van der Waals surface area contributed by atoms with Gasteiger partial charge in [-0.25, -0.2) is 4.98 Å². The summed E-state index contributed by atoms with van der Waals surface area (Å²) in [5, 5.41) is 13.9. The molecule has 1 aliphatic heterocycles. The number of likely N-dealkylation sites (tertiary alicyclic amines) is 1. The predicted molar refractivity (Wildman–Crippen MR) is 144 cm³/mol. The Hall–Kier alpha value is -1.52. The molecule has 0 radical (unpaired) electrons. The third-order valence-electron chi connectivity index (χ3n) is 5.42. The molecule has 8 nitrogen and oxygen atoms in total. The van der Waals surface area contributed by atoms with Gasteiger partial charge < -0.3 is 31.1 Å². The fraction of sp³-hybridized carbons (Fsp3) is 0.429. The Bertz CT molecular complexity index is 967. The largest absolute Gasteiger partial charge is 0.506 e. The first kappa shape index (κ1) is 33.7. The van der Waals surface area contributed by atoms with E-state index < -0.39 is 0 Å². The predicted octanol–water partition coefficient (Wildman–Crippen LogP) is 3.19. The van der Waals surface area contributed by atoms with Gasteiger partial charge in [0.1, 0.15) is 11.4 Å². The summed E-state index contributed by atoms with van der Waals surface area (Å²) in [7, 11) is 0. The maximum absolute atomic E-state index is 10.3. The molecule has 1 aliphatic rings. The Morgan fingerprint density at radius 3 is 2.36 bits per heavy atom. The number of benzene rings is 1. The second kappa shape index (κ2) is 15.4. The highest BCUT2D eigenvalue weighted by molar-refractivity contribution is 5.86. The summed E-state index contributed by atoms with van der Waals surface area (Å²) in [4.78, 5) is 11.8. The molecule has 0 unspecified atom stereocenters. The molecule has 3 heterocycles. The van der Waals surface area contributed by atoms with Crippen LogP contribution in [-0.4, -0.2) is 62.2 Å². The Labute approximate surface area is 219 Å². The van der Waals surface area contributed by atoms with Crippen molar-refractivity contribution in [3.8, 4) is 5.75 Å². The molecule has 0 aliphatic carbocycles. The molecule has 0 saturated carbocycles. The van der Waals surface area contributed by atoms with Crippen LogP contribution >= 0.6 is 49.6 Å². The van der Waals surface area contributed by atoms with Crippen molar-refractivity contribution < 1.29 is 10.6 Å². The number of aromatic nitrogens is 3. The van der Waals surface area contributed by atoms with E-state index in [2.05, 4.69) is 25.8 Å². The SMILES string of the molecule is Cc1ccc(O)c(Cn2c(NC3CCN(CCN)CC3)nc3ccccc32)n1.Cl.Cl.Cl.Cl.O. The van der Waals surface area contributed by atoms with Gasteiger partial charge in [-0.05, 0) is 44.0 Å². The van der Waals surface area contributed by atoms with Gasteiger partial charge in [-0.1, -0.05) is 12.1 Å². The zero-order valence-corrected chi connectivity index (χ0v) is 21.7. The maximum atomic E-state index is 10.3. The van der Waals surface area contributed by atoms with E-state index in [1.165, 1.54) is 0 Å². The molecule has 0 atom stereocenters. The lowest BCUT2D eigenvalue weighted by Gasteiger charge is -2.32. The fourth-order valence-electron chi connectivity index (χ4n) is 3.88. The second-order valence-electron chi connectivity index (χ2n) is 7.48. The van der Waals surface area contributed by atoms with Crippen molar-refractivity contribution in [3.05, 3.63) is 47.8 Å². The second-order valence-corrected chi connectivity index (χ2v) is 7.48. The van der Waals surface area contributed by atoms with Crippen LogP contribution in [0.3, 0.4) is 0 Å². The molecule has 1 aromatic carbocycles.